The van der Waals surface area contributed by atoms with Crippen molar-refractivity contribution in [3.05, 3.63) is 62.1 Å². The van der Waals surface area contributed by atoms with Crippen molar-refractivity contribution in [1.82, 2.24) is 9.55 Å². The van der Waals surface area contributed by atoms with Crippen LogP contribution < -0.4 is 11.2 Å². The summed E-state index contributed by atoms with van der Waals surface area (Å²) in [6.07, 6.45) is 0. The molecule has 6 heteroatoms. The predicted octanol–water partition coefficient (Wildman–Crippen LogP) is 1.32. The van der Waals surface area contributed by atoms with Crippen molar-refractivity contribution in [1.29, 1.82) is 0 Å². The van der Waals surface area contributed by atoms with E-state index in [2.05, 4.69) is 4.98 Å². The summed E-state index contributed by atoms with van der Waals surface area (Å²) in [6, 6.07) is 6.07. The number of aromatic amines is 1. The molecule has 2 rings (SSSR count). The molecule has 1 heterocycles. The molecule has 0 atom stereocenters. The highest BCUT2D eigenvalue weighted by Crippen LogP contribution is 2.05. The van der Waals surface area contributed by atoms with Crippen LogP contribution in [0.25, 0.3) is 5.69 Å². The van der Waals surface area contributed by atoms with Crippen molar-refractivity contribution in [2.45, 2.75) is 0 Å². The summed E-state index contributed by atoms with van der Waals surface area (Å²) < 4.78 is 13.5. The molecule has 1 aromatic carbocycles. The summed E-state index contributed by atoms with van der Waals surface area (Å²) in [5, 5.41) is -0.0339. The predicted molar refractivity (Wildman–Crippen MR) is 57.6 cm³/mol. The Hall–Kier alpha value is -1.88. The Morgan fingerprint density at radius 3 is 2.38 bits per heavy atom. The molecule has 0 spiro atoms. The lowest BCUT2D eigenvalue weighted by Gasteiger charge is -2.03. The van der Waals surface area contributed by atoms with Crippen LogP contribution in [0.15, 0.2) is 39.9 Å². The van der Waals surface area contributed by atoms with Crippen LogP contribution in [0.4, 0.5) is 4.39 Å². The highest BCUT2D eigenvalue weighted by molar-refractivity contribution is 6.29. The Morgan fingerprint density at radius 2 is 1.81 bits per heavy atom. The zero-order valence-corrected chi connectivity index (χ0v) is 8.66. The number of rotatable bonds is 1. The second-order valence-corrected chi connectivity index (χ2v) is 3.48. The number of benzene rings is 1. The Labute approximate surface area is 93.9 Å². The molecule has 0 radical (unpaired) electrons. The van der Waals surface area contributed by atoms with Crippen molar-refractivity contribution in [2.24, 2.45) is 0 Å². The van der Waals surface area contributed by atoms with Gasteiger partial charge in [0.1, 0.15) is 11.0 Å². The van der Waals surface area contributed by atoms with Gasteiger partial charge in [-0.3, -0.25) is 9.78 Å². The van der Waals surface area contributed by atoms with Gasteiger partial charge in [-0.2, -0.15) is 0 Å². The normalized spacial score (nSPS) is 10.4. The quantitative estimate of drug-likeness (QED) is 0.765. The monoisotopic (exact) mass is 240 g/mol. The maximum atomic E-state index is 12.7. The summed E-state index contributed by atoms with van der Waals surface area (Å²) in [7, 11) is 0. The number of nitrogens with zero attached hydrogens (tertiary/aromatic N) is 1. The second-order valence-electron chi connectivity index (χ2n) is 3.07. The molecule has 0 fully saturated rings. The summed E-state index contributed by atoms with van der Waals surface area (Å²) >= 11 is 5.51. The van der Waals surface area contributed by atoms with Crippen molar-refractivity contribution < 1.29 is 4.39 Å². The minimum absolute atomic E-state index is 0.0339. The van der Waals surface area contributed by atoms with Crippen molar-refractivity contribution >= 4 is 11.6 Å². The van der Waals surface area contributed by atoms with Crippen LogP contribution >= 0.6 is 11.6 Å². The molecular formula is C10H6ClFN2O2. The Morgan fingerprint density at radius 1 is 1.19 bits per heavy atom. The molecule has 4 nitrogen and oxygen atoms in total. The van der Waals surface area contributed by atoms with Gasteiger partial charge in [-0.1, -0.05) is 11.6 Å². The van der Waals surface area contributed by atoms with Gasteiger partial charge in [0.15, 0.2) is 0 Å². The van der Waals surface area contributed by atoms with Gasteiger partial charge in [0.2, 0.25) is 0 Å². The maximum Gasteiger partial charge on any atom is 0.334 e. The zero-order chi connectivity index (χ0) is 11.7. The van der Waals surface area contributed by atoms with Gasteiger partial charge < -0.3 is 0 Å². The average molecular weight is 241 g/mol. The minimum atomic E-state index is -0.663. The van der Waals surface area contributed by atoms with Gasteiger partial charge in [-0.05, 0) is 24.3 Å². The van der Waals surface area contributed by atoms with Crippen LogP contribution in [-0.2, 0) is 0 Å². The van der Waals surface area contributed by atoms with Crippen LogP contribution in [-0.4, -0.2) is 9.55 Å². The molecule has 0 amide bonds. The molecule has 1 aromatic heterocycles. The second kappa shape index (κ2) is 3.94. The van der Waals surface area contributed by atoms with Crippen LogP contribution in [0.3, 0.4) is 0 Å². The van der Waals surface area contributed by atoms with Gasteiger partial charge >= 0.3 is 5.69 Å². The lowest BCUT2D eigenvalue weighted by molar-refractivity contribution is 0.627. The third-order valence-corrected chi connectivity index (χ3v) is 2.19. The number of aromatic nitrogens is 2. The van der Waals surface area contributed by atoms with Crippen molar-refractivity contribution in [2.75, 3.05) is 0 Å². The van der Waals surface area contributed by atoms with E-state index in [1.807, 2.05) is 0 Å². The van der Waals surface area contributed by atoms with Gasteiger partial charge in [0, 0.05) is 6.07 Å². The minimum Gasteiger partial charge on any atom is -0.297 e. The first kappa shape index (κ1) is 10.6. The van der Waals surface area contributed by atoms with Crippen LogP contribution in [0.1, 0.15) is 0 Å². The number of halogens is 2. The molecule has 16 heavy (non-hydrogen) atoms. The van der Waals surface area contributed by atoms with E-state index in [4.69, 9.17) is 11.6 Å². The summed E-state index contributed by atoms with van der Waals surface area (Å²) in [6.45, 7) is 0. The van der Waals surface area contributed by atoms with E-state index in [0.29, 0.717) is 0 Å². The van der Waals surface area contributed by atoms with E-state index in [1.165, 1.54) is 12.1 Å². The van der Waals surface area contributed by atoms with E-state index in [1.54, 1.807) is 0 Å². The van der Waals surface area contributed by atoms with Crippen molar-refractivity contribution in [3.63, 3.8) is 0 Å². The highest BCUT2D eigenvalue weighted by atomic mass is 35.5. The van der Waals surface area contributed by atoms with E-state index < -0.39 is 17.1 Å². The fraction of sp³-hybridized carbons (Fsp3) is 0. The molecule has 0 aliphatic carbocycles. The van der Waals surface area contributed by atoms with Crippen molar-refractivity contribution in [3.8, 4) is 5.69 Å². The van der Waals surface area contributed by atoms with Gasteiger partial charge in [-0.25, -0.2) is 13.8 Å². The number of hydrogen-bond donors (Lipinski definition) is 1. The third kappa shape index (κ3) is 1.90. The van der Waals surface area contributed by atoms with Crippen LogP contribution in [0.5, 0.6) is 0 Å². The largest absolute Gasteiger partial charge is 0.334 e. The fourth-order valence-corrected chi connectivity index (χ4v) is 1.48. The zero-order valence-electron chi connectivity index (χ0n) is 7.91. The molecule has 82 valence electrons. The first-order valence-corrected chi connectivity index (χ1v) is 4.73. The van der Waals surface area contributed by atoms with E-state index >= 15 is 0 Å². The fourth-order valence-electron chi connectivity index (χ4n) is 1.30. The first-order valence-electron chi connectivity index (χ1n) is 4.36. The molecule has 2 aromatic rings. The van der Waals surface area contributed by atoms with E-state index in [0.717, 1.165) is 22.8 Å². The maximum absolute atomic E-state index is 12.7. The molecule has 1 N–H and O–H groups in total. The van der Waals surface area contributed by atoms with E-state index in [-0.39, 0.29) is 10.8 Å². The number of H-pyrrole nitrogens is 1. The summed E-state index contributed by atoms with van der Waals surface area (Å²) in [5.41, 5.74) is -0.950. The Bertz CT molecular complexity index is 599. The van der Waals surface area contributed by atoms with Crippen LogP contribution in [0.2, 0.25) is 5.15 Å². The van der Waals surface area contributed by atoms with Gasteiger partial charge in [0.25, 0.3) is 5.56 Å². The standard InChI is InChI=1S/C10H6ClFN2O2/c11-8-5-9(15)14(10(16)13-8)7-3-1-6(12)2-4-7/h1-5H,(H,13,16). The highest BCUT2D eigenvalue weighted by Gasteiger charge is 2.05. The number of nitrogens with one attached hydrogen (secondary N) is 1. The Kier molecular flexibility index (Phi) is 2.62. The van der Waals surface area contributed by atoms with Crippen LogP contribution in [0, 0.1) is 5.82 Å². The summed E-state index contributed by atoms with van der Waals surface area (Å²) in [4.78, 5) is 25.3. The SMILES string of the molecule is O=c1cc(Cl)[nH]c(=O)n1-c1ccc(F)cc1. The lowest BCUT2D eigenvalue weighted by atomic mass is 10.3. The molecule has 0 unspecified atom stereocenters. The summed E-state index contributed by atoms with van der Waals surface area (Å²) in [5.74, 6) is -0.442. The van der Waals surface area contributed by atoms with Gasteiger partial charge in [-0.15, -0.1) is 0 Å². The average Bonchev–Trinajstić information content (AvgIpc) is 2.19. The molecule has 0 bridgehead atoms. The first-order chi connectivity index (χ1) is 7.58. The Balaban J connectivity index is 2.70. The molecule has 0 aliphatic rings. The van der Waals surface area contributed by atoms with Gasteiger partial charge in [0.05, 0.1) is 5.69 Å². The molecular weight excluding hydrogens is 235 g/mol. The molecule has 0 saturated carbocycles. The third-order valence-electron chi connectivity index (χ3n) is 1.98. The van der Waals surface area contributed by atoms with E-state index in [9.17, 15) is 14.0 Å². The number of hydrogen-bond acceptors (Lipinski definition) is 2. The molecule has 0 saturated heterocycles. The topological polar surface area (TPSA) is 54.9 Å². The lowest BCUT2D eigenvalue weighted by Crippen LogP contribution is -2.32. The smallest absolute Gasteiger partial charge is 0.297 e. The molecule has 0 aliphatic heterocycles.